The van der Waals surface area contributed by atoms with E-state index in [2.05, 4.69) is 26.1 Å². The van der Waals surface area contributed by atoms with Crippen molar-refractivity contribution in [2.24, 2.45) is 11.8 Å². The SMILES string of the molecule is CC(C)C(C)CNC(=O)OC(C)(C)Cl. The molecule has 84 valence electrons. The molecule has 0 aromatic rings. The van der Waals surface area contributed by atoms with Gasteiger partial charge in [0.2, 0.25) is 0 Å². The predicted molar refractivity (Wildman–Crippen MR) is 58.4 cm³/mol. The molecule has 0 saturated carbocycles. The van der Waals surface area contributed by atoms with E-state index in [0.29, 0.717) is 18.4 Å². The molecule has 0 aromatic heterocycles. The second-order valence-corrected chi connectivity index (χ2v) is 5.27. The number of halogens is 1. The quantitative estimate of drug-likeness (QED) is 0.742. The molecule has 3 nitrogen and oxygen atoms in total. The third kappa shape index (κ3) is 7.01. The average molecular weight is 222 g/mol. The highest BCUT2D eigenvalue weighted by Gasteiger charge is 2.19. The molecule has 0 aliphatic rings. The summed E-state index contributed by atoms with van der Waals surface area (Å²) in [6, 6.07) is 0. The Morgan fingerprint density at radius 2 is 1.93 bits per heavy atom. The number of carbonyl (C=O) groups excluding carboxylic acids is 1. The topological polar surface area (TPSA) is 38.3 Å². The molecule has 0 bridgehead atoms. The zero-order valence-electron chi connectivity index (χ0n) is 9.56. The molecule has 0 fully saturated rings. The van der Waals surface area contributed by atoms with E-state index in [1.165, 1.54) is 0 Å². The van der Waals surface area contributed by atoms with Gasteiger partial charge >= 0.3 is 6.09 Å². The molecule has 0 aliphatic heterocycles. The summed E-state index contributed by atoms with van der Waals surface area (Å²) in [4.78, 5) is 11.2. The smallest absolute Gasteiger partial charge is 0.408 e. The van der Waals surface area contributed by atoms with E-state index in [-0.39, 0.29) is 0 Å². The van der Waals surface area contributed by atoms with Gasteiger partial charge in [-0.05, 0) is 25.7 Å². The third-order valence-corrected chi connectivity index (χ3v) is 2.12. The molecule has 0 spiro atoms. The van der Waals surface area contributed by atoms with Crippen molar-refractivity contribution >= 4 is 17.7 Å². The molecule has 0 radical (unpaired) electrons. The molecule has 4 heteroatoms. The highest BCUT2D eigenvalue weighted by Crippen LogP contribution is 2.14. The monoisotopic (exact) mass is 221 g/mol. The number of nitrogens with one attached hydrogen (secondary N) is 1. The van der Waals surface area contributed by atoms with Crippen LogP contribution in [0.4, 0.5) is 4.79 Å². The number of alkyl carbamates (subject to hydrolysis) is 1. The van der Waals surface area contributed by atoms with Gasteiger partial charge in [-0.3, -0.25) is 0 Å². The third-order valence-electron chi connectivity index (χ3n) is 2.04. The summed E-state index contributed by atoms with van der Waals surface area (Å²) in [5.41, 5.74) is 0. The predicted octanol–water partition coefficient (Wildman–Crippen LogP) is 2.98. The van der Waals surface area contributed by atoms with Crippen LogP contribution < -0.4 is 5.32 Å². The van der Waals surface area contributed by atoms with Crippen molar-refractivity contribution in [3.05, 3.63) is 0 Å². The maximum absolute atomic E-state index is 11.2. The second kappa shape index (κ2) is 5.44. The lowest BCUT2D eigenvalue weighted by atomic mass is 9.98. The first kappa shape index (κ1) is 13.6. The lowest BCUT2D eigenvalue weighted by Gasteiger charge is -2.20. The summed E-state index contributed by atoms with van der Waals surface area (Å²) in [6.07, 6.45) is -0.461. The Morgan fingerprint density at radius 1 is 1.43 bits per heavy atom. The Bertz CT molecular complexity index is 187. The van der Waals surface area contributed by atoms with Crippen LogP contribution in [0.3, 0.4) is 0 Å². The highest BCUT2D eigenvalue weighted by atomic mass is 35.5. The Balaban J connectivity index is 3.75. The van der Waals surface area contributed by atoms with Crippen LogP contribution in [-0.4, -0.2) is 17.7 Å². The largest absolute Gasteiger partial charge is 0.428 e. The van der Waals surface area contributed by atoms with Crippen LogP contribution in [-0.2, 0) is 4.74 Å². The van der Waals surface area contributed by atoms with Gasteiger partial charge in [-0.1, -0.05) is 32.4 Å². The molecule has 0 saturated heterocycles. The van der Waals surface area contributed by atoms with Gasteiger partial charge in [-0.15, -0.1) is 0 Å². The van der Waals surface area contributed by atoms with Crippen LogP contribution >= 0.6 is 11.6 Å². The van der Waals surface area contributed by atoms with Gasteiger partial charge in [0.1, 0.15) is 0 Å². The van der Waals surface area contributed by atoms with E-state index in [9.17, 15) is 4.79 Å². The maximum atomic E-state index is 11.2. The van der Waals surface area contributed by atoms with Gasteiger partial charge in [0.05, 0.1) is 0 Å². The Hall–Kier alpha value is -0.440. The Kier molecular flexibility index (Phi) is 5.27. The van der Waals surface area contributed by atoms with Crippen LogP contribution in [0.1, 0.15) is 34.6 Å². The standard InChI is InChI=1S/C10H20ClNO2/c1-7(2)8(3)6-12-9(13)14-10(4,5)11/h7-8H,6H2,1-5H3,(H,12,13). The molecular formula is C10H20ClNO2. The van der Waals surface area contributed by atoms with E-state index in [0.717, 1.165) is 0 Å². The van der Waals surface area contributed by atoms with Gasteiger partial charge in [0, 0.05) is 6.54 Å². The fourth-order valence-corrected chi connectivity index (χ4v) is 0.807. The fourth-order valence-electron chi connectivity index (χ4n) is 0.737. The summed E-state index contributed by atoms with van der Waals surface area (Å²) in [7, 11) is 0. The summed E-state index contributed by atoms with van der Waals surface area (Å²) < 4.78 is 4.88. The van der Waals surface area contributed by atoms with E-state index in [4.69, 9.17) is 16.3 Å². The number of alkyl halides is 1. The lowest BCUT2D eigenvalue weighted by Crippen LogP contribution is -2.34. The zero-order valence-corrected chi connectivity index (χ0v) is 10.3. The molecule has 0 heterocycles. The van der Waals surface area contributed by atoms with Gasteiger partial charge in [0.15, 0.2) is 5.06 Å². The number of hydrogen-bond acceptors (Lipinski definition) is 2. The molecule has 1 amide bonds. The number of amides is 1. The molecule has 1 unspecified atom stereocenters. The highest BCUT2D eigenvalue weighted by molar-refractivity contribution is 6.22. The molecule has 0 aromatic carbocycles. The lowest BCUT2D eigenvalue weighted by molar-refractivity contribution is 0.0916. The van der Waals surface area contributed by atoms with Crippen LogP contribution in [0.5, 0.6) is 0 Å². The van der Waals surface area contributed by atoms with Crippen molar-refractivity contribution in [3.63, 3.8) is 0 Å². The van der Waals surface area contributed by atoms with Gasteiger partial charge in [-0.2, -0.15) is 0 Å². The molecular weight excluding hydrogens is 202 g/mol. The molecule has 0 rings (SSSR count). The Labute approximate surface area is 91.2 Å². The first-order valence-electron chi connectivity index (χ1n) is 4.88. The van der Waals surface area contributed by atoms with Crippen molar-refractivity contribution in [1.82, 2.24) is 5.32 Å². The molecule has 1 atom stereocenters. The number of hydrogen-bond donors (Lipinski definition) is 1. The molecule has 0 aliphatic carbocycles. The fraction of sp³-hybridized carbons (Fsp3) is 0.900. The first-order chi connectivity index (χ1) is 6.22. The first-order valence-corrected chi connectivity index (χ1v) is 5.26. The normalized spacial score (nSPS) is 13.9. The summed E-state index contributed by atoms with van der Waals surface area (Å²) in [5.74, 6) is 0.972. The van der Waals surface area contributed by atoms with Crippen LogP contribution in [0, 0.1) is 11.8 Å². The number of carbonyl (C=O) groups is 1. The van der Waals surface area contributed by atoms with E-state index >= 15 is 0 Å². The van der Waals surface area contributed by atoms with Crippen LogP contribution in [0.25, 0.3) is 0 Å². The van der Waals surface area contributed by atoms with E-state index in [1.807, 2.05) is 0 Å². The summed E-state index contributed by atoms with van der Waals surface area (Å²) in [5, 5.41) is 1.74. The van der Waals surface area contributed by atoms with Crippen LogP contribution in [0.15, 0.2) is 0 Å². The number of ether oxygens (including phenoxy) is 1. The summed E-state index contributed by atoms with van der Waals surface area (Å²) in [6.45, 7) is 10.2. The van der Waals surface area contributed by atoms with Crippen molar-refractivity contribution < 1.29 is 9.53 Å². The van der Waals surface area contributed by atoms with Crippen molar-refractivity contribution in [3.8, 4) is 0 Å². The van der Waals surface area contributed by atoms with Crippen molar-refractivity contribution in [2.75, 3.05) is 6.54 Å². The van der Waals surface area contributed by atoms with Crippen molar-refractivity contribution in [2.45, 2.75) is 39.7 Å². The zero-order chi connectivity index (χ0) is 11.4. The van der Waals surface area contributed by atoms with E-state index in [1.54, 1.807) is 13.8 Å². The number of rotatable bonds is 4. The van der Waals surface area contributed by atoms with Crippen LogP contribution in [0.2, 0.25) is 0 Å². The maximum Gasteiger partial charge on any atom is 0.408 e. The molecule has 14 heavy (non-hydrogen) atoms. The van der Waals surface area contributed by atoms with Gasteiger partial charge in [0.25, 0.3) is 0 Å². The Morgan fingerprint density at radius 3 is 2.29 bits per heavy atom. The minimum absolute atomic E-state index is 0.431. The summed E-state index contributed by atoms with van der Waals surface area (Å²) >= 11 is 5.72. The van der Waals surface area contributed by atoms with E-state index < -0.39 is 11.2 Å². The van der Waals surface area contributed by atoms with Gasteiger partial charge < -0.3 is 10.1 Å². The van der Waals surface area contributed by atoms with Gasteiger partial charge in [-0.25, -0.2) is 4.79 Å². The minimum Gasteiger partial charge on any atom is -0.428 e. The minimum atomic E-state index is -0.939. The van der Waals surface area contributed by atoms with Crippen molar-refractivity contribution in [1.29, 1.82) is 0 Å². The second-order valence-electron chi connectivity index (χ2n) is 4.36. The molecule has 1 N–H and O–H groups in total. The average Bonchev–Trinajstić information content (AvgIpc) is 1.96.